The molecular weight excluding hydrogens is 376 g/mol. The third kappa shape index (κ3) is 5.41. The third-order valence-electron chi connectivity index (χ3n) is 7.04. The average molecular weight is 413 g/mol. The van der Waals surface area contributed by atoms with Gasteiger partial charge in [-0.2, -0.15) is 0 Å². The van der Waals surface area contributed by atoms with E-state index in [1.807, 2.05) is 18.2 Å². The maximum absolute atomic E-state index is 11.4. The van der Waals surface area contributed by atoms with Crippen LogP contribution in [0.3, 0.4) is 0 Å². The van der Waals surface area contributed by atoms with Crippen LogP contribution in [0.15, 0.2) is 48.1 Å². The van der Waals surface area contributed by atoms with Crippen LogP contribution in [0.4, 0.5) is 0 Å². The van der Waals surface area contributed by atoms with Crippen molar-refractivity contribution in [1.82, 2.24) is 0 Å². The van der Waals surface area contributed by atoms with Gasteiger partial charge in [-0.15, -0.1) is 0 Å². The van der Waals surface area contributed by atoms with Gasteiger partial charge in [-0.25, -0.2) is 4.79 Å². The second-order valence-electron chi connectivity index (χ2n) is 9.19. The molecule has 0 aromatic heterocycles. The van der Waals surface area contributed by atoms with Crippen LogP contribution in [0.5, 0.6) is 0 Å². The van der Waals surface area contributed by atoms with Crippen molar-refractivity contribution in [2.45, 2.75) is 71.0 Å². The fraction of sp³-hybridized carbons (Fsp3) is 0.577. The van der Waals surface area contributed by atoms with Crippen LogP contribution in [0.1, 0.15) is 68.3 Å². The lowest BCUT2D eigenvalue weighted by Crippen LogP contribution is -2.20. The number of carboxylic acids is 1. The summed E-state index contributed by atoms with van der Waals surface area (Å²) in [5, 5.41) is 30.4. The predicted octanol–water partition coefficient (Wildman–Crippen LogP) is 5.00. The Bertz CT molecular complexity index is 781. The minimum Gasteiger partial charge on any atom is -0.478 e. The van der Waals surface area contributed by atoms with E-state index in [0.717, 1.165) is 50.5 Å². The summed E-state index contributed by atoms with van der Waals surface area (Å²) in [6.07, 6.45) is 12.1. The molecule has 4 nitrogen and oxygen atoms in total. The van der Waals surface area contributed by atoms with Crippen LogP contribution >= 0.6 is 0 Å². The number of benzene rings is 1. The Morgan fingerprint density at radius 1 is 1.27 bits per heavy atom. The SMILES string of the molecule is CCCCC(C)[C@H](O)/C=C/[C@H]1[C@H]2CC(CCc3ccccc3C(=O)O)=C[C@H]2C[C@H]1O. The molecule has 1 fully saturated rings. The molecule has 3 N–H and O–H groups in total. The number of aromatic carboxylic acids is 1. The molecule has 1 aromatic carbocycles. The molecule has 0 radical (unpaired) electrons. The van der Waals surface area contributed by atoms with Gasteiger partial charge in [0.1, 0.15) is 0 Å². The van der Waals surface area contributed by atoms with Crippen molar-refractivity contribution in [2.24, 2.45) is 23.7 Å². The van der Waals surface area contributed by atoms with E-state index in [-0.39, 0.29) is 17.9 Å². The van der Waals surface area contributed by atoms with E-state index in [9.17, 15) is 20.1 Å². The van der Waals surface area contributed by atoms with Crippen molar-refractivity contribution in [3.8, 4) is 0 Å². The standard InChI is InChI=1S/C26H36O4/c1-3-4-7-17(2)24(27)13-12-22-23-15-18(14-20(23)16-25(22)28)10-11-19-8-5-6-9-21(19)26(29)30/h5-6,8-9,12-14,17,20,22-25,27-28H,3-4,7,10-11,15-16H2,1-2H3,(H,29,30)/b13-12+/t17?,20-,22-,23-,24+,25+/m0/s1. The monoisotopic (exact) mass is 412 g/mol. The summed E-state index contributed by atoms with van der Waals surface area (Å²) in [5.41, 5.74) is 2.63. The topological polar surface area (TPSA) is 77.8 Å². The summed E-state index contributed by atoms with van der Waals surface area (Å²) < 4.78 is 0. The second-order valence-corrected chi connectivity index (χ2v) is 9.19. The summed E-state index contributed by atoms with van der Waals surface area (Å²) in [4.78, 5) is 11.4. The Labute approximate surface area is 180 Å². The van der Waals surface area contributed by atoms with Crippen LogP contribution in [0, 0.1) is 23.7 Å². The van der Waals surface area contributed by atoms with E-state index in [4.69, 9.17) is 0 Å². The Balaban J connectivity index is 1.57. The number of carboxylic acid groups (broad SMARTS) is 1. The molecule has 4 heteroatoms. The maximum atomic E-state index is 11.4. The van der Waals surface area contributed by atoms with Crippen LogP contribution in [-0.2, 0) is 6.42 Å². The Hall–Kier alpha value is -1.91. The zero-order valence-corrected chi connectivity index (χ0v) is 18.2. The second kappa shape index (κ2) is 10.4. The van der Waals surface area contributed by atoms with E-state index >= 15 is 0 Å². The minimum atomic E-state index is -0.872. The number of hydrogen-bond acceptors (Lipinski definition) is 3. The lowest BCUT2D eigenvalue weighted by atomic mass is 9.87. The van der Waals surface area contributed by atoms with Crippen molar-refractivity contribution >= 4 is 5.97 Å². The first-order valence-corrected chi connectivity index (χ1v) is 11.5. The van der Waals surface area contributed by atoms with Gasteiger partial charge in [0.05, 0.1) is 17.8 Å². The smallest absolute Gasteiger partial charge is 0.335 e. The first-order chi connectivity index (χ1) is 14.4. The highest BCUT2D eigenvalue weighted by Crippen LogP contribution is 2.48. The molecule has 164 valence electrons. The normalized spacial score (nSPS) is 27.8. The van der Waals surface area contributed by atoms with Crippen molar-refractivity contribution < 1.29 is 20.1 Å². The number of aliphatic hydroxyl groups is 2. The summed E-state index contributed by atoms with van der Waals surface area (Å²) in [7, 11) is 0. The molecule has 0 aliphatic heterocycles. The molecule has 30 heavy (non-hydrogen) atoms. The number of aryl methyl sites for hydroxylation is 1. The summed E-state index contributed by atoms with van der Waals surface area (Å²) >= 11 is 0. The average Bonchev–Trinajstić information content (AvgIpc) is 3.25. The summed E-state index contributed by atoms with van der Waals surface area (Å²) in [6.45, 7) is 4.25. The number of fused-ring (bicyclic) bond motifs is 1. The van der Waals surface area contributed by atoms with Crippen molar-refractivity contribution in [1.29, 1.82) is 0 Å². The number of rotatable bonds is 10. The van der Waals surface area contributed by atoms with Gasteiger partial charge in [0.25, 0.3) is 0 Å². The molecule has 2 aliphatic carbocycles. The molecule has 1 saturated carbocycles. The molecule has 0 heterocycles. The van der Waals surface area contributed by atoms with Crippen molar-refractivity contribution in [3.63, 3.8) is 0 Å². The van der Waals surface area contributed by atoms with E-state index in [2.05, 4.69) is 26.0 Å². The van der Waals surface area contributed by atoms with Crippen LogP contribution in [0.2, 0.25) is 0 Å². The number of aliphatic hydroxyl groups excluding tert-OH is 2. The highest BCUT2D eigenvalue weighted by atomic mass is 16.4. The molecule has 1 unspecified atom stereocenters. The van der Waals surface area contributed by atoms with E-state index in [1.165, 1.54) is 5.57 Å². The zero-order valence-electron chi connectivity index (χ0n) is 18.2. The molecule has 0 amide bonds. The number of hydrogen-bond donors (Lipinski definition) is 3. The van der Waals surface area contributed by atoms with E-state index < -0.39 is 12.1 Å². The first-order valence-electron chi connectivity index (χ1n) is 11.5. The van der Waals surface area contributed by atoms with Crippen LogP contribution in [-0.4, -0.2) is 33.5 Å². The van der Waals surface area contributed by atoms with Gasteiger partial charge >= 0.3 is 5.97 Å². The molecule has 0 bridgehead atoms. The minimum absolute atomic E-state index is 0.0862. The summed E-state index contributed by atoms with van der Waals surface area (Å²) in [6, 6.07) is 7.22. The molecule has 6 atom stereocenters. The quantitative estimate of drug-likeness (QED) is 0.472. The third-order valence-corrected chi connectivity index (χ3v) is 7.04. The Morgan fingerprint density at radius 3 is 2.77 bits per heavy atom. The number of allylic oxidation sites excluding steroid dienone is 2. The van der Waals surface area contributed by atoms with Gasteiger partial charge in [0.15, 0.2) is 0 Å². The zero-order chi connectivity index (χ0) is 21.7. The predicted molar refractivity (Wildman–Crippen MR) is 119 cm³/mol. The number of unbranched alkanes of at least 4 members (excludes halogenated alkanes) is 1. The molecular formula is C26H36O4. The van der Waals surface area contributed by atoms with Gasteiger partial charge in [-0.1, -0.05) is 68.7 Å². The molecule has 2 aliphatic rings. The van der Waals surface area contributed by atoms with Gasteiger partial charge in [0, 0.05) is 5.92 Å². The first kappa shape index (κ1) is 22.8. The lowest BCUT2D eigenvalue weighted by molar-refractivity contribution is 0.0695. The molecule has 1 aromatic rings. The fourth-order valence-electron chi connectivity index (χ4n) is 5.16. The van der Waals surface area contributed by atoms with Gasteiger partial charge < -0.3 is 15.3 Å². The largest absolute Gasteiger partial charge is 0.478 e. The van der Waals surface area contributed by atoms with E-state index in [1.54, 1.807) is 12.1 Å². The van der Waals surface area contributed by atoms with Crippen LogP contribution < -0.4 is 0 Å². The van der Waals surface area contributed by atoms with Crippen molar-refractivity contribution in [3.05, 3.63) is 59.2 Å². The van der Waals surface area contributed by atoms with Crippen LogP contribution in [0.25, 0.3) is 0 Å². The highest BCUT2D eigenvalue weighted by Gasteiger charge is 2.43. The van der Waals surface area contributed by atoms with Crippen molar-refractivity contribution in [2.75, 3.05) is 0 Å². The molecule has 0 spiro atoms. The van der Waals surface area contributed by atoms with Gasteiger partial charge in [-0.3, -0.25) is 0 Å². The highest BCUT2D eigenvalue weighted by molar-refractivity contribution is 5.89. The van der Waals surface area contributed by atoms with Gasteiger partial charge in [-0.05, 0) is 61.5 Å². The molecule has 0 saturated heterocycles. The Morgan fingerprint density at radius 2 is 2.03 bits per heavy atom. The Kier molecular flexibility index (Phi) is 7.90. The fourth-order valence-corrected chi connectivity index (χ4v) is 5.16. The van der Waals surface area contributed by atoms with Gasteiger partial charge in [0.2, 0.25) is 0 Å². The number of carbonyl (C=O) groups is 1. The molecule has 3 rings (SSSR count). The summed E-state index contributed by atoms with van der Waals surface area (Å²) in [5.74, 6) is 0.223. The lowest BCUT2D eigenvalue weighted by Gasteiger charge is -2.20. The van der Waals surface area contributed by atoms with E-state index in [0.29, 0.717) is 17.4 Å². The maximum Gasteiger partial charge on any atom is 0.335 e.